The molecule has 9 N–H and O–H groups in total. The third-order valence-electron chi connectivity index (χ3n) is 10.1. The minimum absolute atomic E-state index is 0. The fraction of sp³-hybridized carbons (Fsp3) is 0.350. The predicted molar refractivity (Wildman–Crippen MR) is 218 cm³/mol. The van der Waals surface area contributed by atoms with E-state index in [1.165, 1.54) is 28.0 Å². The molecule has 312 valence electrons. The predicted octanol–water partition coefficient (Wildman–Crippen LogP) is 1.98. The molecule has 0 unspecified atom stereocenters. The molecule has 4 heterocycles. The number of aliphatic hydroxyl groups excluding tert-OH is 1. The summed E-state index contributed by atoms with van der Waals surface area (Å²) in [6, 6.07) is 18.2. The van der Waals surface area contributed by atoms with Gasteiger partial charge >= 0.3 is 41.5 Å². The number of rotatable bonds is 9. The maximum atomic E-state index is 12.8. The summed E-state index contributed by atoms with van der Waals surface area (Å²) in [6.45, 7) is 7.07. The number of sulfonamides is 2. The first-order valence-corrected chi connectivity index (χ1v) is 21.7. The van der Waals surface area contributed by atoms with Crippen LogP contribution in [0.4, 0.5) is 0 Å². The number of aryl methyl sites for hydroxylation is 4. The van der Waals surface area contributed by atoms with Crippen molar-refractivity contribution in [3.63, 3.8) is 0 Å². The smallest absolute Gasteiger partial charge is 0.870 e. The average Bonchev–Trinajstić information content (AvgIpc) is 3.94. The van der Waals surface area contributed by atoms with Gasteiger partial charge in [0, 0.05) is 76.1 Å². The maximum absolute atomic E-state index is 12.8. The zero-order chi connectivity index (χ0) is 41.1. The van der Waals surface area contributed by atoms with E-state index in [-0.39, 0.29) is 81.5 Å². The molecule has 0 saturated heterocycles. The van der Waals surface area contributed by atoms with E-state index in [1.807, 2.05) is 36.4 Å². The van der Waals surface area contributed by atoms with E-state index >= 15 is 0 Å². The van der Waals surface area contributed by atoms with Crippen LogP contribution in [0, 0.1) is 13.8 Å². The first-order chi connectivity index (χ1) is 27.1. The van der Waals surface area contributed by atoms with Gasteiger partial charge in [-0.3, -0.25) is 0 Å². The van der Waals surface area contributed by atoms with E-state index in [4.69, 9.17) is 14.9 Å². The Balaban J connectivity index is 0.000000237. The maximum Gasteiger partial charge on any atom is 1.00 e. The number of nitrogens with one attached hydrogen (secondary N) is 6. The van der Waals surface area contributed by atoms with E-state index < -0.39 is 32.0 Å². The van der Waals surface area contributed by atoms with E-state index in [1.54, 1.807) is 27.7 Å². The molecule has 0 amide bonds. The first-order valence-electron chi connectivity index (χ1n) is 18.8. The molecule has 19 heteroatoms. The van der Waals surface area contributed by atoms with Crippen molar-refractivity contribution < 1.29 is 76.4 Å². The Bertz CT molecular complexity index is 2650. The summed E-state index contributed by atoms with van der Waals surface area (Å²) >= 11 is 0. The average molecular weight is 861 g/mol. The van der Waals surface area contributed by atoms with Crippen LogP contribution >= 0.6 is 0 Å². The first kappa shape index (κ1) is 47.4. The van der Waals surface area contributed by atoms with Crippen LogP contribution in [0.15, 0.2) is 70.7 Å². The zero-order valence-electron chi connectivity index (χ0n) is 33.6. The summed E-state index contributed by atoms with van der Waals surface area (Å²) in [5, 5.41) is 18.9. The molecule has 59 heavy (non-hydrogen) atoms. The number of aromatic nitrogens is 4. The Labute approximate surface area is 364 Å². The van der Waals surface area contributed by atoms with Gasteiger partial charge in [-0.15, -0.1) is 0 Å². The molecule has 6 aromatic rings. The van der Waals surface area contributed by atoms with Crippen LogP contribution in [-0.2, 0) is 50.5 Å². The summed E-state index contributed by atoms with van der Waals surface area (Å²) < 4.78 is 61.4. The fourth-order valence-electron chi connectivity index (χ4n) is 7.52. The van der Waals surface area contributed by atoms with Gasteiger partial charge in [0.15, 0.2) is 0 Å². The van der Waals surface area contributed by atoms with Crippen molar-refractivity contribution in [2.45, 2.75) is 88.4 Å². The monoisotopic (exact) mass is 860 g/mol. The van der Waals surface area contributed by atoms with Crippen LogP contribution in [-0.4, -0.2) is 89.7 Å². The van der Waals surface area contributed by atoms with Gasteiger partial charge in [0.1, 0.15) is 10.1 Å². The molecule has 0 aliphatic heterocycles. The second-order valence-corrected chi connectivity index (χ2v) is 17.4. The van der Waals surface area contributed by atoms with Crippen molar-refractivity contribution >= 4 is 53.8 Å². The number of hydrogen-bond acceptors (Lipinski definition) is 9. The van der Waals surface area contributed by atoms with E-state index in [0.29, 0.717) is 30.7 Å². The van der Waals surface area contributed by atoms with Gasteiger partial charge in [0.2, 0.25) is 0 Å². The Morgan fingerprint density at radius 2 is 1.14 bits per heavy atom. The van der Waals surface area contributed by atoms with Gasteiger partial charge in [-0.25, -0.2) is 35.9 Å². The number of ether oxygens (including phenoxy) is 1. The van der Waals surface area contributed by atoms with Crippen LogP contribution < -0.4 is 39.0 Å². The van der Waals surface area contributed by atoms with Gasteiger partial charge in [-0.05, 0) is 88.8 Å². The number of hydrogen-bond donors (Lipinski definition) is 8. The SMILES string of the molecule is CCO.CCOC(=O)c1cc(S(=O)(=O)N[C@@H]2CCc3c([nH]c4ccccc34)C2)[nH]c1C.Cc1[nH]c(S(=O)(=O)N[C@@H]2CCc3c([nH]c4ccccc34)C2)cc1C(=O)O.[Na+].[OH-]. The summed E-state index contributed by atoms with van der Waals surface area (Å²) in [6.07, 6.45) is 4.20. The van der Waals surface area contributed by atoms with Crippen LogP contribution in [0.1, 0.15) is 81.3 Å². The van der Waals surface area contributed by atoms with Crippen molar-refractivity contribution in [3.8, 4) is 0 Å². The molecule has 0 fully saturated rings. The summed E-state index contributed by atoms with van der Waals surface area (Å²) in [5.41, 5.74) is 7.79. The molecular weight excluding hydrogens is 812 g/mol. The second-order valence-electron chi connectivity index (χ2n) is 14.1. The fourth-order valence-corrected chi connectivity index (χ4v) is 10.2. The molecule has 2 aromatic carbocycles. The molecule has 0 spiro atoms. The number of esters is 1. The largest absolute Gasteiger partial charge is 1.00 e. The van der Waals surface area contributed by atoms with Crippen molar-refractivity contribution in [1.82, 2.24) is 29.4 Å². The number of aromatic amines is 4. The van der Waals surface area contributed by atoms with Crippen molar-refractivity contribution in [2.75, 3.05) is 13.2 Å². The van der Waals surface area contributed by atoms with E-state index in [0.717, 1.165) is 47.8 Å². The van der Waals surface area contributed by atoms with Gasteiger partial charge < -0.3 is 40.4 Å². The van der Waals surface area contributed by atoms with Crippen molar-refractivity contribution in [3.05, 3.63) is 106 Å². The van der Waals surface area contributed by atoms with E-state index in [2.05, 4.69) is 41.5 Å². The summed E-state index contributed by atoms with van der Waals surface area (Å²) in [5.74, 6) is -1.68. The molecule has 0 bridgehead atoms. The van der Waals surface area contributed by atoms with Crippen molar-refractivity contribution in [2.24, 2.45) is 0 Å². The standard InChI is InChI=1S/C20H23N3O4S.C18H19N3O4S.C2H6O.Na.H2O/c1-3-27-20(24)16-11-19(21-12(16)2)28(25,26)23-13-8-9-15-14-6-4-5-7-17(14)22-18(15)10-13;1-10-14(18(22)23)9-17(19-10)26(24,25)21-11-6-7-13-12-4-2-3-5-15(12)20-16(13)8-11;1-2-3;;/h4-7,11,13,21-23H,3,8-10H2,1-2H3;2-5,9,11,19-21H,6-8H2,1H3,(H,22,23);3H,2H2,1H3;;1H2/q;;;+1;/p-1/t13-;11-;;;/m11.../s1. The van der Waals surface area contributed by atoms with Crippen LogP contribution in [0.25, 0.3) is 21.8 Å². The topological polar surface area (TPSA) is 269 Å². The van der Waals surface area contributed by atoms with Crippen LogP contribution in [0.2, 0.25) is 0 Å². The van der Waals surface area contributed by atoms with Crippen LogP contribution in [0.5, 0.6) is 0 Å². The Hall–Kier alpha value is -4.24. The number of carboxylic acids is 1. The number of benzene rings is 2. The number of aliphatic hydroxyl groups is 1. The minimum atomic E-state index is -3.81. The quantitative estimate of drug-likeness (QED) is 0.0774. The summed E-state index contributed by atoms with van der Waals surface area (Å²) in [4.78, 5) is 35.3. The normalized spacial score (nSPS) is 15.9. The number of carbonyl (C=O) groups excluding carboxylic acids is 1. The van der Waals surface area contributed by atoms with Gasteiger partial charge in [-0.2, -0.15) is 0 Å². The van der Waals surface area contributed by atoms with Crippen molar-refractivity contribution in [1.29, 1.82) is 0 Å². The van der Waals surface area contributed by atoms with Gasteiger partial charge in [0.05, 0.1) is 17.7 Å². The number of H-pyrrole nitrogens is 4. The Kier molecular flexibility index (Phi) is 16.0. The number of carbonyl (C=O) groups is 2. The number of fused-ring (bicyclic) bond motifs is 6. The Morgan fingerprint density at radius 1 is 0.729 bits per heavy atom. The van der Waals surface area contributed by atoms with Crippen LogP contribution in [0.3, 0.4) is 0 Å². The van der Waals surface area contributed by atoms with Gasteiger partial charge in [-0.1, -0.05) is 36.4 Å². The second kappa shape index (κ2) is 19.9. The third kappa shape index (κ3) is 10.6. The number of aromatic carboxylic acids is 1. The Morgan fingerprint density at radius 3 is 1.54 bits per heavy atom. The molecular formula is C40H49N6NaO10S2. The molecule has 16 nitrogen and oxygen atoms in total. The zero-order valence-corrected chi connectivity index (χ0v) is 37.2. The molecule has 0 radical (unpaired) electrons. The molecule has 2 atom stereocenters. The van der Waals surface area contributed by atoms with Gasteiger partial charge in [0.25, 0.3) is 20.0 Å². The molecule has 2 aliphatic carbocycles. The minimum Gasteiger partial charge on any atom is -0.870 e. The number of carboxylic acid groups (broad SMARTS) is 1. The molecule has 8 rings (SSSR count). The van der Waals surface area contributed by atoms with E-state index in [9.17, 15) is 26.4 Å². The molecule has 2 aliphatic rings. The molecule has 0 saturated carbocycles. The summed E-state index contributed by atoms with van der Waals surface area (Å²) in [7, 11) is -7.58. The number of para-hydroxylation sites is 2. The molecule has 4 aromatic heterocycles. The third-order valence-corrected chi connectivity index (χ3v) is 13.0.